The van der Waals surface area contributed by atoms with Crippen LogP contribution in [0.1, 0.15) is 10.6 Å². The number of nitrogens with zero attached hydrogens (tertiary/aromatic N) is 3. The van der Waals surface area contributed by atoms with E-state index in [0.717, 1.165) is 12.1 Å². The van der Waals surface area contributed by atoms with Gasteiger partial charge in [0.2, 0.25) is 0 Å². The quantitative estimate of drug-likeness (QED) is 0.553. The lowest BCUT2D eigenvalue weighted by Gasteiger charge is -2.09. The Morgan fingerprint density at radius 1 is 1.19 bits per heavy atom. The Hall–Kier alpha value is -1.32. The fraction of sp³-hybridized carbons (Fsp3) is 0.200. The maximum Gasteiger partial charge on any atom is 0.263 e. The summed E-state index contributed by atoms with van der Waals surface area (Å²) < 4.78 is 29.2. The van der Waals surface area contributed by atoms with E-state index in [1.54, 1.807) is 27.7 Å². The molecule has 0 saturated carbocycles. The first-order valence-corrected chi connectivity index (χ1v) is 10.8. The van der Waals surface area contributed by atoms with Crippen LogP contribution in [0.3, 0.4) is 0 Å². The second-order valence-electron chi connectivity index (χ2n) is 5.41. The molecule has 1 N–H and O–H groups in total. The van der Waals surface area contributed by atoms with Crippen LogP contribution < -0.4 is 4.72 Å². The fourth-order valence-corrected chi connectivity index (χ4v) is 5.04. The van der Waals surface area contributed by atoms with Gasteiger partial charge in [0, 0.05) is 24.0 Å². The van der Waals surface area contributed by atoms with Gasteiger partial charge >= 0.3 is 0 Å². The Kier molecular flexibility index (Phi) is 5.78. The third-order valence-electron chi connectivity index (χ3n) is 3.56. The second kappa shape index (κ2) is 7.74. The smallest absolute Gasteiger partial charge is 0.263 e. The van der Waals surface area contributed by atoms with Crippen molar-refractivity contribution >= 4 is 61.9 Å². The molecule has 0 bridgehead atoms. The summed E-state index contributed by atoms with van der Waals surface area (Å²) in [7, 11) is -3.92. The van der Waals surface area contributed by atoms with Gasteiger partial charge in [-0.05, 0) is 19.1 Å². The normalized spacial score (nSPS) is 11.7. The first-order valence-electron chi connectivity index (χ1n) is 7.35. The SMILES string of the molecule is Cc1ncsc1CCn1cc(NS(=O)(=O)c2cc(Cl)c(Cl)cc2Cl)cn1. The number of thiazole rings is 1. The summed E-state index contributed by atoms with van der Waals surface area (Å²) in [6, 6.07) is 2.51. The molecule has 2 aromatic heterocycles. The molecule has 2 heterocycles. The Labute approximate surface area is 169 Å². The van der Waals surface area contributed by atoms with Crippen LogP contribution in [0.5, 0.6) is 0 Å². The molecule has 0 saturated heterocycles. The molecule has 3 rings (SSSR count). The van der Waals surface area contributed by atoms with Crippen LogP contribution in [0.25, 0.3) is 0 Å². The number of benzene rings is 1. The predicted molar refractivity (Wildman–Crippen MR) is 105 cm³/mol. The van der Waals surface area contributed by atoms with Crippen molar-refractivity contribution in [3.63, 3.8) is 0 Å². The number of hydrogen-bond acceptors (Lipinski definition) is 5. The van der Waals surface area contributed by atoms with Gasteiger partial charge in [-0.2, -0.15) is 5.10 Å². The average Bonchev–Trinajstić information content (AvgIpc) is 3.17. The molecule has 0 fully saturated rings. The van der Waals surface area contributed by atoms with Crippen molar-refractivity contribution in [2.75, 3.05) is 4.72 Å². The van der Waals surface area contributed by atoms with Gasteiger partial charge in [0.25, 0.3) is 10.0 Å². The van der Waals surface area contributed by atoms with E-state index in [1.807, 2.05) is 6.92 Å². The number of aromatic nitrogens is 3. The predicted octanol–water partition coefficient (Wildman–Crippen LogP) is 4.65. The zero-order valence-electron chi connectivity index (χ0n) is 13.4. The van der Waals surface area contributed by atoms with Crippen molar-refractivity contribution in [3.8, 4) is 0 Å². The Bertz CT molecular complexity index is 1050. The topological polar surface area (TPSA) is 76.9 Å². The maximum absolute atomic E-state index is 12.5. The minimum atomic E-state index is -3.92. The number of halogens is 3. The van der Waals surface area contributed by atoms with Crippen molar-refractivity contribution in [2.24, 2.45) is 0 Å². The van der Waals surface area contributed by atoms with Crippen LogP contribution >= 0.6 is 46.1 Å². The van der Waals surface area contributed by atoms with E-state index < -0.39 is 10.0 Å². The molecule has 0 aliphatic rings. The lowest BCUT2D eigenvalue weighted by Crippen LogP contribution is -2.13. The highest BCUT2D eigenvalue weighted by molar-refractivity contribution is 7.92. The highest BCUT2D eigenvalue weighted by Gasteiger charge is 2.20. The lowest BCUT2D eigenvalue weighted by atomic mass is 10.3. The van der Waals surface area contributed by atoms with Crippen molar-refractivity contribution in [1.29, 1.82) is 0 Å². The first kappa shape index (κ1) is 19.4. The second-order valence-corrected chi connectivity index (χ2v) is 9.22. The van der Waals surface area contributed by atoms with Crippen molar-refractivity contribution < 1.29 is 8.42 Å². The third kappa shape index (κ3) is 4.32. The number of aryl methyl sites for hydroxylation is 3. The molecule has 1 aromatic carbocycles. The van der Waals surface area contributed by atoms with E-state index in [4.69, 9.17) is 34.8 Å². The van der Waals surface area contributed by atoms with Gasteiger partial charge in [-0.15, -0.1) is 11.3 Å². The molecule has 0 atom stereocenters. The van der Waals surface area contributed by atoms with Crippen molar-refractivity contribution in [1.82, 2.24) is 14.8 Å². The van der Waals surface area contributed by atoms with Crippen LogP contribution in [0.4, 0.5) is 5.69 Å². The number of hydrogen-bond donors (Lipinski definition) is 1. The first-order chi connectivity index (χ1) is 12.3. The van der Waals surface area contributed by atoms with E-state index in [1.165, 1.54) is 23.2 Å². The molecule has 138 valence electrons. The zero-order valence-corrected chi connectivity index (χ0v) is 17.3. The molecular formula is C15H13Cl3N4O2S2. The molecule has 0 amide bonds. The van der Waals surface area contributed by atoms with Gasteiger partial charge < -0.3 is 0 Å². The van der Waals surface area contributed by atoms with Crippen molar-refractivity contribution in [2.45, 2.75) is 24.8 Å². The van der Waals surface area contributed by atoms with Gasteiger partial charge in [0.15, 0.2) is 0 Å². The van der Waals surface area contributed by atoms with Crippen LogP contribution in [0.2, 0.25) is 15.1 Å². The zero-order chi connectivity index (χ0) is 18.9. The minimum absolute atomic E-state index is 0.0139. The average molecular weight is 452 g/mol. The van der Waals surface area contributed by atoms with E-state index in [0.29, 0.717) is 12.2 Å². The van der Waals surface area contributed by atoms with Gasteiger partial charge in [-0.25, -0.2) is 13.4 Å². The Morgan fingerprint density at radius 2 is 1.92 bits per heavy atom. The largest absolute Gasteiger partial charge is 0.276 e. The van der Waals surface area contributed by atoms with Gasteiger partial charge in [0.05, 0.1) is 38.2 Å². The van der Waals surface area contributed by atoms with Crippen LogP contribution in [-0.4, -0.2) is 23.2 Å². The van der Waals surface area contributed by atoms with Crippen LogP contribution in [0.15, 0.2) is 34.9 Å². The van der Waals surface area contributed by atoms with Crippen LogP contribution in [0, 0.1) is 6.92 Å². The molecule has 0 aliphatic carbocycles. The highest BCUT2D eigenvalue weighted by atomic mass is 35.5. The van der Waals surface area contributed by atoms with Gasteiger partial charge in [-0.3, -0.25) is 9.40 Å². The van der Waals surface area contributed by atoms with E-state index in [2.05, 4.69) is 14.8 Å². The molecule has 0 unspecified atom stereocenters. The lowest BCUT2D eigenvalue weighted by molar-refractivity contribution is 0.601. The minimum Gasteiger partial charge on any atom is -0.276 e. The third-order valence-corrected chi connectivity index (χ3v) is 7.13. The van der Waals surface area contributed by atoms with E-state index in [9.17, 15) is 8.42 Å². The number of anilines is 1. The fourth-order valence-electron chi connectivity index (χ4n) is 2.24. The molecule has 3 aromatic rings. The van der Waals surface area contributed by atoms with Gasteiger partial charge in [-0.1, -0.05) is 34.8 Å². The molecule has 26 heavy (non-hydrogen) atoms. The molecule has 0 aliphatic heterocycles. The Morgan fingerprint density at radius 3 is 2.62 bits per heavy atom. The number of nitrogens with one attached hydrogen (secondary N) is 1. The molecular weight excluding hydrogens is 439 g/mol. The summed E-state index contributed by atoms with van der Waals surface area (Å²) in [4.78, 5) is 5.22. The van der Waals surface area contributed by atoms with E-state index >= 15 is 0 Å². The maximum atomic E-state index is 12.5. The van der Waals surface area contributed by atoms with Gasteiger partial charge in [0.1, 0.15) is 4.90 Å². The summed E-state index contributed by atoms with van der Waals surface area (Å²) in [6.07, 6.45) is 3.81. The standard InChI is InChI=1S/C15H13Cl3N4O2S2/c1-9-14(25-8-19-9)2-3-22-7-10(6-20-22)21-26(23,24)15-5-12(17)11(16)4-13(15)18/h4-8,21H,2-3H2,1H3. The van der Waals surface area contributed by atoms with Crippen molar-refractivity contribution in [3.05, 3.63) is 55.7 Å². The monoisotopic (exact) mass is 450 g/mol. The molecule has 6 nitrogen and oxygen atoms in total. The molecule has 11 heteroatoms. The highest BCUT2D eigenvalue weighted by Crippen LogP contribution is 2.32. The molecule has 0 radical (unpaired) electrons. The molecule has 0 spiro atoms. The van der Waals surface area contributed by atoms with Crippen LogP contribution in [-0.2, 0) is 23.0 Å². The summed E-state index contributed by atoms with van der Waals surface area (Å²) in [5, 5.41) is 4.44. The number of sulfonamides is 1. The summed E-state index contributed by atoms with van der Waals surface area (Å²) in [5.41, 5.74) is 3.12. The summed E-state index contributed by atoms with van der Waals surface area (Å²) >= 11 is 19.3. The summed E-state index contributed by atoms with van der Waals surface area (Å²) in [5.74, 6) is 0. The summed E-state index contributed by atoms with van der Waals surface area (Å²) in [6.45, 7) is 2.56. The Balaban J connectivity index is 1.74. The number of rotatable bonds is 6. The van der Waals surface area contributed by atoms with E-state index in [-0.39, 0.29) is 20.0 Å².